The Morgan fingerprint density at radius 2 is 0.921 bits per heavy atom. The third kappa shape index (κ3) is 14.6. The van der Waals surface area contributed by atoms with Crippen LogP contribution in [0.2, 0.25) is 38.3 Å². The average molecular weight is 1950 g/mol. The van der Waals surface area contributed by atoms with Gasteiger partial charge in [0, 0.05) is 60.4 Å². The number of likely N-dealkylation sites (tertiary alicyclic amines) is 5. The van der Waals surface area contributed by atoms with Crippen LogP contribution < -0.4 is 14.7 Å². The number of anilines is 3. The summed E-state index contributed by atoms with van der Waals surface area (Å²) in [4.78, 5) is 251. The molecule has 5 N–H and O–H groups in total. The number of alkyl halides is 3. The number of aliphatic carboxylic acids is 1. The van der Waals surface area contributed by atoms with Crippen LogP contribution in [-0.4, -0.2) is 193 Å². The van der Waals surface area contributed by atoms with E-state index in [0.717, 1.165) is 75.3 Å². The third-order valence-corrected chi connectivity index (χ3v) is 40.3. The van der Waals surface area contributed by atoms with Crippen molar-refractivity contribution in [3.8, 4) is 17.2 Å². The first-order valence-corrected chi connectivity index (χ1v) is 53.7. The summed E-state index contributed by atoms with van der Waals surface area (Å²) in [5.41, 5.74) is -5.93. The van der Waals surface area contributed by atoms with Gasteiger partial charge in [-0.1, -0.05) is 133 Å². The van der Waals surface area contributed by atoms with Crippen LogP contribution in [0.25, 0.3) is 0 Å². The fraction of sp³-hybridized carbons (Fsp3) is 0.447. The van der Waals surface area contributed by atoms with Gasteiger partial charge < -0.3 is 34.4 Å². The number of phenolic OH excluding ortho intramolecular Hbond substituents is 3. The summed E-state index contributed by atoms with van der Waals surface area (Å²) in [6.07, 6.45) is 13.7. The van der Waals surface area contributed by atoms with Gasteiger partial charge in [-0.3, -0.25) is 96.3 Å². The molecule has 4 saturated carbocycles. The van der Waals surface area contributed by atoms with E-state index in [1.165, 1.54) is 46.2 Å². The van der Waals surface area contributed by atoms with E-state index >= 15 is 22.8 Å². The van der Waals surface area contributed by atoms with Crippen molar-refractivity contribution in [3.05, 3.63) is 205 Å². The average Bonchev–Trinajstić information content (AvgIpc) is 1.53. The van der Waals surface area contributed by atoms with Crippen LogP contribution in [0.4, 0.5) is 30.2 Å². The largest absolute Gasteiger partial charge is 0.508 e. The predicted molar refractivity (Wildman–Crippen MR) is 496 cm³/mol. The van der Waals surface area contributed by atoms with Gasteiger partial charge in [0.25, 0.3) is 6.47 Å². The van der Waals surface area contributed by atoms with Crippen LogP contribution >= 0.6 is 0 Å². The van der Waals surface area contributed by atoms with Crippen LogP contribution in [0.5, 0.6) is 17.2 Å². The zero-order valence-electron chi connectivity index (χ0n) is 78.4. The van der Waals surface area contributed by atoms with E-state index in [0.29, 0.717) is 46.8 Å². The predicted octanol–water partition coefficient (Wildman–Crippen LogP) is 10.5. The molecule has 27 unspecified atom stereocenters. The first kappa shape index (κ1) is 97.0. The number of imide groups is 7. The number of carbonyl (C=O) groups is 17. The van der Waals surface area contributed by atoms with Gasteiger partial charge in [0.2, 0.25) is 88.6 Å². The minimum absolute atomic E-state index is 0.0120. The fourth-order valence-corrected chi connectivity index (χ4v) is 35.7. The first-order chi connectivity index (χ1) is 66.2. The molecule has 12 fully saturated rings. The van der Waals surface area contributed by atoms with Crippen LogP contribution in [0.3, 0.4) is 0 Å². The summed E-state index contributed by atoms with van der Waals surface area (Å²) in [7, 11) is -5.36. The number of amides is 15. The van der Waals surface area contributed by atoms with E-state index in [-0.39, 0.29) is 60.2 Å². The van der Waals surface area contributed by atoms with Gasteiger partial charge in [0.15, 0.2) is 16.6 Å². The molecule has 32 nitrogen and oxygen atoms in total. The summed E-state index contributed by atoms with van der Waals surface area (Å²) in [5, 5.41) is 56.1. The molecule has 22 rings (SSSR count). The molecule has 732 valence electrons. The smallest absolute Gasteiger partial charge is 0.402 e. The molecule has 0 spiro atoms. The number of phenols is 3. The number of hydrogen-bond donors (Lipinski definition) is 5. The number of halogens is 3. The maximum atomic E-state index is 16.3. The van der Waals surface area contributed by atoms with Crippen molar-refractivity contribution in [2.45, 2.75) is 123 Å². The molecule has 8 heterocycles. The number of fused-ring (bicyclic) bond motifs is 2. The number of hydrogen-bond acceptors (Lipinski definition) is 23. The second-order valence-corrected chi connectivity index (χ2v) is 50.0. The maximum absolute atomic E-state index is 16.3. The Labute approximate surface area is 804 Å². The highest BCUT2D eigenvalue weighted by molar-refractivity contribution is 6.84. The molecule has 3 aromatic carbocycles. The quantitative estimate of drug-likeness (QED) is 0.00900. The van der Waals surface area contributed by atoms with Crippen LogP contribution in [0, 0.1) is 148 Å². The SMILES string of the molecule is C=C(/C=C\C(=C\OC=O)N1C(=O)C2C3C=CC(C4C(=O)N(C5=CC=CC(C)C5)C(=O)C34)C2C1=O)CC(=C)/C=C(\C(=C)N1C(=O)C2C(C)C3C(=O)N(CCC[Si](C)(C)O[Si](C)(C)CCCN4C(=O)C5C6C=CC(C5C4=O)C4C(=O)N(c5cc(C(C)(c7ccc(O)c(N8C(=O)C9C%10C=CC(C%11C(=O)N(c%12cccc(O)c%12)C(=O)C%10%11)C9C8O)c7)C(F)(F)F)ccc5O)C(=O)C64)C(=O)C3C(C)C2C1=O)C(=O)O.CC. The summed E-state index contributed by atoms with van der Waals surface area (Å²) < 4.78 is 60.8. The Kier molecular flexibility index (Phi) is 24.2. The number of ether oxygens (including phenoxy) is 1. The molecule has 37 heteroatoms. The summed E-state index contributed by atoms with van der Waals surface area (Å²) in [5.74, 6) is -38.0. The van der Waals surface area contributed by atoms with Crippen LogP contribution in [0.15, 0.2) is 193 Å². The topological polar surface area (TPSA) is 436 Å². The Balaban J connectivity index is 0.00000645. The number of aliphatic hydroxyl groups is 1. The van der Waals surface area contributed by atoms with Gasteiger partial charge in [0.1, 0.15) is 35.2 Å². The second-order valence-electron chi connectivity index (χ2n) is 41.2. The van der Waals surface area contributed by atoms with Gasteiger partial charge in [-0.25, -0.2) is 24.4 Å². The van der Waals surface area contributed by atoms with Crippen molar-refractivity contribution in [3.63, 3.8) is 0 Å². The molecule has 6 bridgehead atoms. The van der Waals surface area contributed by atoms with E-state index in [1.807, 2.05) is 53.0 Å². The molecular weight excluding hydrogens is 1850 g/mol. The highest BCUT2D eigenvalue weighted by Crippen LogP contribution is 2.65. The lowest BCUT2D eigenvalue weighted by molar-refractivity contribution is -0.173. The molecule has 3 aromatic rings. The van der Waals surface area contributed by atoms with Gasteiger partial charge in [-0.2, -0.15) is 13.2 Å². The number of aliphatic hydroxyl groups excluding tert-OH is 1. The molecule has 19 aliphatic rings. The highest BCUT2D eigenvalue weighted by Gasteiger charge is 2.74. The standard InChI is InChI=1S/C101H101F3N8O24Si2.C2H6/c1-44-16-12-17-52(37-44)108-89(123)73-58-26-27-59(74(73)90(108)124)78-77(58)93(127)110(94(78)128)54(42-135-43-113)23-20-45(2)36-46(3)38-62(99(133)134)49(6)107-87(121)69-47(4)67-68(48(5)70(69)88(107)122)84(118)105(83(67)117)32-14-34-137(8,9)136-138(10,11)35-15-33-106-85(119)71-56-24-25-57(72(71)86(106)120)80-79(56)95(129)111(96(80)130)63-39-50(21-30-65(63)115)100(7,101(102,103)104)51-22-31-66(116)64(40-51)112-97(131)81-60-28-29-61(82(81)98(112)132)76-75(60)91(125)109(92(76)126)53-18-13-19-55(114)41-53;1-2/h12-13,16-31,38-44,47-48,56-61,67-82,97,114-116,131H,2-3,6,14-15,32-37H2,1,4-5,7-11H3,(H,133,134);1-2H3/b23-20-,54-42-,62-38+;. The number of carboxylic acids is 1. The second kappa shape index (κ2) is 34.9. The Morgan fingerprint density at radius 3 is 1.39 bits per heavy atom. The number of carboxylic acid groups (broad SMARTS) is 1. The number of rotatable bonds is 27. The van der Waals surface area contributed by atoms with Gasteiger partial charge in [-0.05, 0) is 166 Å². The Bertz CT molecular complexity index is 6220. The van der Waals surface area contributed by atoms with Crippen molar-refractivity contribution in [2.75, 3.05) is 27.8 Å². The molecular formula is C103H107F3N8O24Si2. The van der Waals surface area contributed by atoms with Gasteiger partial charge in [0.05, 0.1) is 123 Å². The third-order valence-electron chi connectivity index (χ3n) is 32.7. The van der Waals surface area contributed by atoms with Crippen molar-refractivity contribution in [1.82, 2.24) is 24.5 Å². The molecule has 8 saturated heterocycles. The zero-order valence-corrected chi connectivity index (χ0v) is 80.4. The molecule has 8 aliphatic heterocycles. The van der Waals surface area contributed by atoms with Crippen molar-refractivity contribution >= 4 is 135 Å². The molecule has 0 radical (unpaired) electrons. The van der Waals surface area contributed by atoms with Crippen molar-refractivity contribution < 1.29 is 129 Å². The van der Waals surface area contributed by atoms with E-state index in [9.17, 15) is 97.5 Å². The van der Waals surface area contributed by atoms with E-state index in [2.05, 4.69) is 19.7 Å². The number of carbonyl (C=O) groups excluding carboxylic acids is 16. The fourth-order valence-electron chi connectivity index (χ4n) is 26.9. The monoisotopic (exact) mass is 1950 g/mol. The Hall–Kier alpha value is -13.3. The first-order valence-electron chi connectivity index (χ1n) is 47.4. The number of aromatic hydroxyl groups is 3. The lowest BCUT2D eigenvalue weighted by atomic mass is 9.54. The van der Waals surface area contributed by atoms with Crippen LogP contribution in [-0.2, 0) is 95.8 Å². The number of allylic oxidation sites excluding steroid dienone is 15. The zero-order chi connectivity index (χ0) is 101. The lowest BCUT2D eigenvalue weighted by Gasteiger charge is -2.46. The van der Waals surface area contributed by atoms with Crippen molar-refractivity contribution in [2.24, 2.45) is 148 Å². The molecule has 11 aliphatic carbocycles. The summed E-state index contributed by atoms with van der Waals surface area (Å²) in [6.45, 7) is 29.8. The maximum Gasteiger partial charge on any atom is 0.402 e. The van der Waals surface area contributed by atoms with E-state index in [4.69, 9.17) is 8.85 Å². The van der Waals surface area contributed by atoms with Gasteiger partial charge >= 0.3 is 12.1 Å². The number of nitrogens with zero attached hydrogens (tertiary/aromatic N) is 8. The van der Waals surface area contributed by atoms with Crippen molar-refractivity contribution in [1.29, 1.82) is 0 Å². The van der Waals surface area contributed by atoms with Gasteiger partial charge in [-0.15, -0.1) is 0 Å². The normalized spacial score (nSPS) is 33.7. The molecule has 27 atom stereocenters. The summed E-state index contributed by atoms with van der Waals surface area (Å²) in [6, 6.07) is 11.8. The highest BCUT2D eigenvalue weighted by atomic mass is 28.4. The summed E-state index contributed by atoms with van der Waals surface area (Å²) >= 11 is 0. The van der Waals surface area contributed by atoms with E-state index < -0.39 is 316 Å². The number of benzene rings is 3. The van der Waals surface area contributed by atoms with Crippen LogP contribution in [0.1, 0.15) is 78.4 Å². The Morgan fingerprint density at radius 1 is 0.500 bits per heavy atom. The molecule has 0 aromatic heterocycles. The molecule has 15 amide bonds. The minimum Gasteiger partial charge on any atom is -0.508 e. The molecule has 140 heavy (non-hydrogen) atoms. The minimum atomic E-state index is -5.27. The lowest BCUT2D eigenvalue weighted by Crippen LogP contribution is -2.51. The van der Waals surface area contributed by atoms with E-state index in [1.54, 1.807) is 62.5 Å².